The molecular weight excluding hydrogens is 587 g/mol. The fourth-order valence-corrected chi connectivity index (χ4v) is 7.62. The first-order chi connectivity index (χ1) is 19.4. The summed E-state index contributed by atoms with van der Waals surface area (Å²) in [5.74, 6) is -0.288. The third-order valence-electron chi connectivity index (χ3n) is 5.92. The van der Waals surface area contributed by atoms with Crippen molar-refractivity contribution in [3.05, 3.63) is 98.2 Å². The number of ether oxygens (including phenoxy) is 1. The molecule has 40 heavy (non-hydrogen) atoms. The van der Waals surface area contributed by atoms with Gasteiger partial charge in [-0.05, 0) is 59.2 Å². The molecule has 212 valence electrons. The van der Waals surface area contributed by atoms with Crippen molar-refractivity contribution in [3.8, 4) is 0 Å². The van der Waals surface area contributed by atoms with Crippen molar-refractivity contribution in [2.24, 2.45) is 0 Å². The van der Waals surface area contributed by atoms with Crippen LogP contribution in [0.1, 0.15) is 34.6 Å². The van der Waals surface area contributed by atoms with Crippen molar-refractivity contribution >= 4 is 56.0 Å². The molecule has 2 amide bonds. The summed E-state index contributed by atoms with van der Waals surface area (Å²) >= 11 is 4.20. The first kappa shape index (κ1) is 29.9. The maximum Gasteiger partial charge on any atom is 0.407 e. The Kier molecular flexibility index (Phi) is 11.3. The summed E-state index contributed by atoms with van der Waals surface area (Å²) < 4.78 is 34.3. The van der Waals surface area contributed by atoms with E-state index in [0.717, 1.165) is 26.7 Å². The third-order valence-corrected chi connectivity index (χ3v) is 10.5. The molecule has 0 bridgehead atoms. The lowest BCUT2D eigenvalue weighted by atomic mass is 10.1. The topological polar surface area (TPSA) is 105 Å². The molecule has 0 saturated carbocycles. The molecule has 3 aromatic heterocycles. The van der Waals surface area contributed by atoms with Gasteiger partial charge >= 0.3 is 6.09 Å². The smallest absolute Gasteiger partial charge is 0.407 e. The first-order valence-corrected chi connectivity index (χ1v) is 16.9. The highest BCUT2D eigenvalue weighted by atomic mass is 32.2. The summed E-state index contributed by atoms with van der Waals surface area (Å²) in [6.07, 6.45) is 0.720. The van der Waals surface area contributed by atoms with Crippen molar-refractivity contribution < 1.29 is 22.7 Å². The second-order valence-corrected chi connectivity index (χ2v) is 13.9. The summed E-state index contributed by atoms with van der Waals surface area (Å²) in [5, 5.41) is 8.30. The molecule has 0 saturated heterocycles. The average Bonchev–Trinajstić information content (AvgIpc) is 3.75. The lowest BCUT2D eigenvalue weighted by Crippen LogP contribution is -2.47. The Balaban J connectivity index is 1.37. The summed E-state index contributed by atoms with van der Waals surface area (Å²) in [6.45, 7) is 1.30. The number of unbranched alkanes of at least 4 members (excludes halogenated alkanes) is 1. The van der Waals surface area contributed by atoms with Gasteiger partial charge in [0, 0.05) is 16.3 Å². The van der Waals surface area contributed by atoms with Gasteiger partial charge in [0.25, 0.3) is 10.0 Å². The van der Waals surface area contributed by atoms with E-state index < -0.39 is 22.2 Å². The van der Waals surface area contributed by atoms with Gasteiger partial charge in [0.2, 0.25) is 5.91 Å². The van der Waals surface area contributed by atoms with Gasteiger partial charge in [-0.2, -0.15) is 4.72 Å². The molecular formula is C28H31N3O5S4. The van der Waals surface area contributed by atoms with Crippen LogP contribution in [-0.4, -0.2) is 38.0 Å². The Hall–Kier alpha value is -3.03. The van der Waals surface area contributed by atoms with Crippen LogP contribution in [0.4, 0.5) is 4.79 Å². The van der Waals surface area contributed by atoms with E-state index in [1.807, 2.05) is 65.4 Å². The predicted molar refractivity (Wildman–Crippen MR) is 160 cm³/mol. The quantitative estimate of drug-likeness (QED) is 0.163. The molecule has 8 nitrogen and oxygen atoms in total. The minimum absolute atomic E-state index is 0.159. The number of nitrogens with zero attached hydrogens (tertiary/aromatic N) is 1. The molecule has 0 unspecified atom stereocenters. The van der Waals surface area contributed by atoms with Crippen LogP contribution in [-0.2, 0) is 39.2 Å². The van der Waals surface area contributed by atoms with Crippen LogP contribution in [0.2, 0.25) is 0 Å². The molecule has 12 heteroatoms. The molecule has 1 atom stereocenters. The van der Waals surface area contributed by atoms with Crippen molar-refractivity contribution in [1.29, 1.82) is 0 Å². The number of carbonyl (C=O) groups is 2. The number of hydrogen-bond donors (Lipinski definition) is 2. The Morgan fingerprint density at radius 2 is 1.48 bits per heavy atom. The second-order valence-electron chi connectivity index (χ2n) is 8.93. The average molecular weight is 618 g/mol. The van der Waals surface area contributed by atoms with Crippen LogP contribution in [0.15, 0.2) is 87.1 Å². The molecule has 0 spiro atoms. The number of carbonyl (C=O) groups excluding carboxylic acids is 2. The van der Waals surface area contributed by atoms with E-state index in [1.54, 1.807) is 39.0 Å². The Labute approximate surface area is 246 Å². The zero-order chi connectivity index (χ0) is 28.2. The van der Waals surface area contributed by atoms with E-state index in [-0.39, 0.29) is 23.1 Å². The summed E-state index contributed by atoms with van der Waals surface area (Å²) in [6, 6.07) is 19.5. The third kappa shape index (κ3) is 9.27. The highest BCUT2D eigenvalue weighted by Gasteiger charge is 2.30. The Bertz CT molecular complexity index is 1370. The Morgan fingerprint density at radius 1 is 0.825 bits per heavy atom. The van der Waals surface area contributed by atoms with Crippen molar-refractivity contribution in [1.82, 2.24) is 14.9 Å². The number of nitrogens with one attached hydrogen (secondary N) is 2. The van der Waals surface area contributed by atoms with Gasteiger partial charge in [0.15, 0.2) is 0 Å². The van der Waals surface area contributed by atoms with E-state index in [2.05, 4.69) is 10.0 Å². The Morgan fingerprint density at radius 3 is 2.08 bits per heavy atom. The summed E-state index contributed by atoms with van der Waals surface area (Å²) in [4.78, 5) is 29.6. The van der Waals surface area contributed by atoms with Crippen molar-refractivity contribution in [2.45, 2.75) is 49.1 Å². The molecule has 1 aromatic carbocycles. The number of amides is 2. The van der Waals surface area contributed by atoms with Gasteiger partial charge in [-0.1, -0.05) is 48.5 Å². The van der Waals surface area contributed by atoms with E-state index >= 15 is 0 Å². The number of benzene rings is 1. The molecule has 0 radical (unpaired) electrons. The molecule has 4 rings (SSSR count). The maximum absolute atomic E-state index is 13.9. The molecule has 4 aromatic rings. The lowest BCUT2D eigenvalue weighted by Gasteiger charge is -2.27. The van der Waals surface area contributed by atoms with Gasteiger partial charge in [-0.3, -0.25) is 4.79 Å². The zero-order valence-electron chi connectivity index (χ0n) is 21.7. The van der Waals surface area contributed by atoms with Crippen LogP contribution < -0.4 is 10.0 Å². The monoisotopic (exact) mass is 617 g/mol. The van der Waals surface area contributed by atoms with Crippen LogP contribution in [0.25, 0.3) is 0 Å². The van der Waals surface area contributed by atoms with Crippen LogP contribution >= 0.6 is 34.0 Å². The van der Waals surface area contributed by atoms with E-state index in [0.29, 0.717) is 32.5 Å². The van der Waals surface area contributed by atoms with Gasteiger partial charge in [-0.15, -0.1) is 34.0 Å². The number of rotatable bonds is 15. The molecule has 0 aliphatic heterocycles. The highest BCUT2D eigenvalue weighted by Crippen LogP contribution is 2.21. The second kappa shape index (κ2) is 15.1. The predicted octanol–water partition coefficient (Wildman–Crippen LogP) is 5.84. The van der Waals surface area contributed by atoms with Crippen molar-refractivity contribution in [2.75, 3.05) is 6.61 Å². The molecule has 0 aliphatic carbocycles. The van der Waals surface area contributed by atoms with Crippen LogP contribution in [0, 0.1) is 0 Å². The normalized spacial score (nSPS) is 12.1. The number of thiophene rings is 3. The number of hydrogen-bond acceptors (Lipinski definition) is 8. The number of alkyl carbamates (subject to hydrolysis) is 1. The van der Waals surface area contributed by atoms with Crippen molar-refractivity contribution in [3.63, 3.8) is 0 Å². The molecule has 3 heterocycles. The van der Waals surface area contributed by atoms with E-state index in [4.69, 9.17) is 4.74 Å². The fraction of sp³-hybridized carbons (Fsp3) is 0.286. The van der Waals surface area contributed by atoms with Gasteiger partial charge < -0.3 is 15.0 Å². The molecule has 0 aliphatic rings. The minimum Gasteiger partial charge on any atom is -0.450 e. The molecule has 0 fully saturated rings. The largest absolute Gasteiger partial charge is 0.450 e. The molecule has 2 N–H and O–H groups in total. The minimum atomic E-state index is -3.88. The van der Waals surface area contributed by atoms with Crippen LogP contribution in [0.5, 0.6) is 0 Å². The van der Waals surface area contributed by atoms with Gasteiger partial charge in [0.05, 0.1) is 19.7 Å². The highest BCUT2D eigenvalue weighted by molar-refractivity contribution is 7.91. The van der Waals surface area contributed by atoms with E-state index in [1.165, 1.54) is 6.07 Å². The summed E-state index contributed by atoms with van der Waals surface area (Å²) in [5.41, 5.74) is 0.966. The lowest BCUT2D eigenvalue weighted by molar-refractivity contribution is -0.134. The maximum atomic E-state index is 13.9. The van der Waals surface area contributed by atoms with Gasteiger partial charge in [-0.25, -0.2) is 13.2 Å². The number of sulfonamides is 1. The standard InChI is InChI=1S/C28H31N3O5S4/c32-27(31(20-23-11-6-16-37-23)21-24-12-7-17-38-24)25(30-40(34,35)26-14-8-18-39-26)13-4-5-15-36-28(33)29-19-22-9-2-1-3-10-22/h1-3,6-12,14,16-18,25,30H,4-5,13,15,19-21H2,(H,29,33)/t25-/m0/s1. The fourth-order valence-electron chi connectivity index (χ4n) is 3.94. The van der Waals surface area contributed by atoms with Crippen LogP contribution in [0.3, 0.4) is 0 Å². The van der Waals surface area contributed by atoms with E-state index in [9.17, 15) is 18.0 Å². The first-order valence-electron chi connectivity index (χ1n) is 12.7. The van der Waals surface area contributed by atoms with Gasteiger partial charge in [0.1, 0.15) is 10.3 Å². The zero-order valence-corrected chi connectivity index (χ0v) is 25.0. The SMILES string of the molecule is O=C(NCc1ccccc1)OCCCC[C@H](NS(=O)(=O)c1cccs1)C(=O)N(Cc1cccs1)Cc1cccs1. The summed E-state index contributed by atoms with van der Waals surface area (Å²) in [7, 11) is -3.88.